The molecule has 0 spiro atoms. The Morgan fingerprint density at radius 3 is 2.83 bits per heavy atom. The average molecular weight is 247 g/mol. The van der Waals surface area contributed by atoms with Gasteiger partial charge in [-0.1, -0.05) is 13.0 Å². The van der Waals surface area contributed by atoms with Crippen molar-refractivity contribution < 1.29 is 19.7 Å². The van der Waals surface area contributed by atoms with Crippen LogP contribution in [0.3, 0.4) is 0 Å². The number of hydrogen-bond donors (Lipinski definition) is 3. The molecule has 0 saturated carbocycles. The maximum absolute atomic E-state index is 12.4. The predicted molar refractivity (Wildman–Crippen MR) is 63.4 cm³/mol. The third kappa shape index (κ3) is 1.28. The molecule has 0 aliphatic carbocycles. The van der Waals surface area contributed by atoms with E-state index in [4.69, 9.17) is 4.74 Å². The summed E-state index contributed by atoms with van der Waals surface area (Å²) < 4.78 is 5.27. The Balaban J connectivity index is 2.05. The zero-order valence-corrected chi connectivity index (χ0v) is 9.80. The highest BCUT2D eigenvalue weighted by molar-refractivity contribution is 6.09. The summed E-state index contributed by atoms with van der Waals surface area (Å²) in [5, 5.41) is 22.7. The van der Waals surface area contributed by atoms with Gasteiger partial charge in [-0.3, -0.25) is 4.79 Å². The van der Waals surface area contributed by atoms with Gasteiger partial charge in [-0.15, -0.1) is 0 Å². The van der Waals surface area contributed by atoms with Gasteiger partial charge in [0.1, 0.15) is 23.2 Å². The first-order valence-corrected chi connectivity index (χ1v) is 5.81. The van der Waals surface area contributed by atoms with Gasteiger partial charge in [0.05, 0.1) is 0 Å². The largest absolute Gasteiger partial charge is 0.507 e. The van der Waals surface area contributed by atoms with E-state index in [1.807, 2.05) is 6.92 Å². The quantitative estimate of drug-likeness (QED) is 0.549. The zero-order chi connectivity index (χ0) is 12.9. The van der Waals surface area contributed by atoms with Crippen molar-refractivity contribution in [2.45, 2.75) is 25.2 Å². The molecule has 1 aromatic carbocycles. The number of benzene rings is 1. The van der Waals surface area contributed by atoms with Gasteiger partial charge in [0.15, 0.2) is 0 Å². The number of epoxide rings is 1. The van der Waals surface area contributed by atoms with Gasteiger partial charge in [-0.05, 0) is 30.3 Å². The summed E-state index contributed by atoms with van der Waals surface area (Å²) in [6.07, 6.45) is 3.64. The summed E-state index contributed by atoms with van der Waals surface area (Å²) in [7, 11) is 0. The maximum Gasteiger partial charge on any atom is 0.234 e. The summed E-state index contributed by atoms with van der Waals surface area (Å²) in [5.41, 5.74) is -0.579. The van der Waals surface area contributed by atoms with E-state index in [-0.39, 0.29) is 23.2 Å². The zero-order valence-electron chi connectivity index (χ0n) is 9.80. The van der Waals surface area contributed by atoms with Crippen molar-refractivity contribution in [3.8, 4) is 11.5 Å². The highest BCUT2D eigenvalue weighted by Gasteiger charge is 2.64. The molecule has 2 aliphatic rings. The predicted octanol–water partition coefficient (Wildman–Crippen LogP) is 1.05. The number of ketones is 1. The number of ether oxygens (including phenoxy) is 1. The standard InChI is InChI=1S/C13H13NO4/c1-2-7-3-4-8(15)10(11(7)16)12(17)13-9(18-13)5-6-14-13/h3-6,9,14-16H,2H2,1H3. The number of carbonyl (C=O) groups is 1. The number of Topliss-reactive ketones (excluding diaryl/α,β-unsaturated/α-hetero) is 1. The summed E-state index contributed by atoms with van der Waals surface area (Å²) in [6.45, 7) is 1.87. The number of nitrogens with one attached hydrogen (secondary N) is 1. The molecule has 0 bridgehead atoms. The number of aromatic hydroxyl groups is 2. The maximum atomic E-state index is 12.4. The fourth-order valence-electron chi connectivity index (χ4n) is 2.28. The first-order chi connectivity index (χ1) is 8.60. The van der Waals surface area contributed by atoms with Crippen LogP contribution in [0.2, 0.25) is 0 Å². The third-order valence-corrected chi connectivity index (χ3v) is 3.41. The molecule has 5 nitrogen and oxygen atoms in total. The lowest BCUT2D eigenvalue weighted by atomic mass is 9.97. The summed E-state index contributed by atoms with van der Waals surface area (Å²) in [6, 6.07) is 3.02. The minimum Gasteiger partial charge on any atom is -0.507 e. The highest BCUT2D eigenvalue weighted by Crippen LogP contribution is 2.44. The molecule has 0 amide bonds. The molecule has 3 N–H and O–H groups in total. The molecule has 2 atom stereocenters. The molecule has 5 heteroatoms. The minimum atomic E-state index is -1.12. The first-order valence-electron chi connectivity index (χ1n) is 5.81. The molecule has 0 aromatic heterocycles. The number of carbonyl (C=O) groups excluding carboxylic acids is 1. The monoisotopic (exact) mass is 247 g/mol. The van der Waals surface area contributed by atoms with Crippen molar-refractivity contribution in [1.82, 2.24) is 5.32 Å². The Morgan fingerprint density at radius 2 is 2.28 bits per heavy atom. The fraction of sp³-hybridized carbons (Fsp3) is 0.308. The normalized spacial score (nSPS) is 27.7. The molecule has 18 heavy (non-hydrogen) atoms. The van der Waals surface area contributed by atoms with E-state index in [2.05, 4.69) is 5.32 Å². The molecular weight excluding hydrogens is 234 g/mol. The van der Waals surface area contributed by atoms with E-state index in [9.17, 15) is 15.0 Å². The Hall–Kier alpha value is -2.01. The van der Waals surface area contributed by atoms with E-state index in [0.29, 0.717) is 12.0 Å². The number of phenols is 2. The van der Waals surface area contributed by atoms with Crippen molar-refractivity contribution in [3.05, 3.63) is 35.5 Å². The smallest absolute Gasteiger partial charge is 0.234 e. The van der Waals surface area contributed by atoms with Crippen molar-refractivity contribution in [3.63, 3.8) is 0 Å². The number of aryl methyl sites for hydroxylation is 1. The van der Waals surface area contributed by atoms with Gasteiger partial charge in [0.25, 0.3) is 0 Å². The van der Waals surface area contributed by atoms with Crippen LogP contribution in [-0.4, -0.2) is 27.8 Å². The van der Waals surface area contributed by atoms with Crippen LogP contribution in [0, 0.1) is 0 Å². The summed E-state index contributed by atoms with van der Waals surface area (Å²) >= 11 is 0. The Kier molecular flexibility index (Phi) is 2.15. The fourth-order valence-corrected chi connectivity index (χ4v) is 2.28. The van der Waals surface area contributed by atoms with Crippen molar-refractivity contribution in [2.75, 3.05) is 0 Å². The van der Waals surface area contributed by atoms with Gasteiger partial charge in [0.2, 0.25) is 11.5 Å². The number of fused-ring (bicyclic) bond motifs is 1. The van der Waals surface area contributed by atoms with Crippen LogP contribution >= 0.6 is 0 Å². The van der Waals surface area contributed by atoms with E-state index in [1.54, 1.807) is 18.3 Å². The van der Waals surface area contributed by atoms with E-state index in [0.717, 1.165) is 0 Å². The Labute approximate surface area is 104 Å². The van der Waals surface area contributed by atoms with Crippen LogP contribution < -0.4 is 5.32 Å². The van der Waals surface area contributed by atoms with E-state index >= 15 is 0 Å². The van der Waals surface area contributed by atoms with Gasteiger partial charge in [-0.2, -0.15) is 0 Å². The second-order valence-corrected chi connectivity index (χ2v) is 4.43. The Morgan fingerprint density at radius 1 is 1.50 bits per heavy atom. The van der Waals surface area contributed by atoms with Gasteiger partial charge >= 0.3 is 0 Å². The van der Waals surface area contributed by atoms with Gasteiger partial charge in [0, 0.05) is 0 Å². The van der Waals surface area contributed by atoms with Crippen LogP contribution in [-0.2, 0) is 11.2 Å². The number of hydrogen-bond acceptors (Lipinski definition) is 5. The topological polar surface area (TPSA) is 82.1 Å². The van der Waals surface area contributed by atoms with Gasteiger partial charge in [-0.25, -0.2) is 0 Å². The minimum absolute atomic E-state index is 0.0759. The van der Waals surface area contributed by atoms with Crippen LogP contribution in [0.15, 0.2) is 24.4 Å². The number of phenolic OH excluding ortho intramolecular Hbond substituents is 2. The molecule has 2 heterocycles. The lowest BCUT2D eigenvalue weighted by Crippen LogP contribution is -2.37. The van der Waals surface area contributed by atoms with Crippen LogP contribution in [0.4, 0.5) is 0 Å². The van der Waals surface area contributed by atoms with E-state index < -0.39 is 11.5 Å². The summed E-state index contributed by atoms with van der Waals surface area (Å²) in [4.78, 5) is 12.4. The van der Waals surface area contributed by atoms with Crippen molar-refractivity contribution in [1.29, 1.82) is 0 Å². The highest BCUT2D eigenvalue weighted by atomic mass is 16.6. The van der Waals surface area contributed by atoms with Crippen LogP contribution in [0.5, 0.6) is 11.5 Å². The molecular formula is C13H13NO4. The molecule has 1 saturated heterocycles. The molecule has 0 radical (unpaired) electrons. The molecule has 2 aliphatic heterocycles. The lowest BCUT2D eigenvalue weighted by molar-refractivity contribution is 0.0845. The molecule has 3 rings (SSSR count). The molecule has 2 unspecified atom stereocenters. The average Bonchev–Trinajstić information content (AvgIpc) is 2.92. The second-order valence-electron chi connectivity index (χ2n) is 4.43. The van der Waals surface area contributed by atoms with Crippen LogP contribution in [0.25, 0.3) is 0 Å². The SMILES string of the molecule is CCc1ccc(O)c(C(=O)C23NC=CC2O3)c1O. The second kappa shape index (κ2) is 3.49. The van der Waals surface area contributed by atoms with Crippen molar-refractivity contribution in [2.24, 2.45) is 0 Å². The number of rotatable bonds is 3. The van der Waals surface area contributed by atoms with Crippen molar-refractivity contribution >= 4 is 5.78 Å². The third-order valence-electron chi connectivity index (χ3n) is 3.41. The Bertz CT molecular complexity index is 566. The lowest BCUT2D eigenvalue weighted by Gasteiger charge is -2.13. The first kappa shape index (κ1) is 11.1. The summed E-state index contributed by atoms with van der Waals surface area (Å²) in [5.74, 6) is -0.838. The molecule has 1 aromatic rings. The van der Waals surface area contributed by atoms with E-state index in [1.165, 1.54) is 6.07 Å². The molecule has 1 fully saturated rings. The molecule has 94 valence electrons. The van der Waals surface area contributed by atoms with Gasteiger partial charge < -0.3 is 20.3 Å². The van der Waals surface area contributed by atoms with Crippen LogP contribution in [0.1, 0.15) is 22.8 Å².